The van der Waals surface area contributed by atoms with Crippen LogP contribution in [0.5, 0.6) is 0 Å². The highest BCUT2D eigenvalue weighted by atomic mass is 16.6. The van der Waals surface area contributed by atoms with Gasteiger partial charge in [-0.25, -0.2) is 0 Å². The molecule has 2 aliphatic rings. The Morgan fingerprint density at radius 3 is 2.50 bits per heavy atom. The van der Waals surface area contributed by atoms with Crippen molar-refractivity contribution in [2.45, 2.75) is 70.0 Å². The lowest BCUT2D eigenvalue weighted by Gasteiger charge is -2.45. The molecule has 4 nitrogen and oxygen atoms in total. The number of esters is 1. The van der Waals surface area contributed by atoms with Gasteiger partial charge in [-0.05, 0) is 39.0 Å². The lowest BCUT2D eigenvalue weighted by Crippen LogP contribution is -2.58. The smallest absolute Gasteiger partial charge is 0.330 e. The van der Waals surface area contributed by atoms with E-state index in [1.165, 1.54) is 6.92 Å². The van der Waals surface area contributed by atoms with Gasteiger partial charge in [0.25, 0.3) is 0 Å². The number of hydrogen-bond acceptors (Lipinski definition) is 4. The van der Waals surface area contributed by atoms with Gasteiger partial charge in [-0.3, -0.25) is 4.79 Å². The van der Waals surface area contributed by atoms with Crippen molar-refractivity contribution in [3.8, 4) is 6.07 Å². The van der Waals surface area contributed by atoms with Crippen LogP contribution >= 0.6 is 0 Å². The lowest BCUT2D eigenvalue weighted by molar-refractivity contribution is -0.168. The van der Waals surface area contributed by atoms with Gasteiger partial charge < -0.3 is 9.84 Å². The Hall–Kier alpha value is -1.08. The quantitative estimate of drug-likeness (QED) is 0.764. The summed E-state index contributed by atoms with van der Waals surface area (Å²) in [5, 5.41) is 20.4. The van der Waals surface area contributed by atoms with E-state index in [0.29, 0.717) is 19.3 Å². The van der Waals surface area contributed by atoms with Crippen LogP contribution in [0.2, 0.25) is 0 Å². The predicted molar refractivity (Wildman–Crippen MR) is 65.5 cm³/mol. The molecule has 0 aromatic heterocycles. The third kappa shape index (κ3) is 1.43. The summed E-state index contributed by atoms with van der Waals surface area (Å²) in [7, 11) is 0. The molecule has 0 aromatic rings. The van der Waals surface area contributed by atoms with Gasteiger partial charge in [0.15, 0.2) is 5.41 Å². The van der Waals surface area contributed by atoms with E-state index in [1.807, 2.05) is 13.0 Å². The second-order valence-electron chi connectivity index (χ2n) is 5.79. The van der Waals surface area contributed by atoms with Crippen molar-refractivity contribution in [1.29, 1.82) is 5.26 Å². The summed E-state index contributed by atoms with van der Waals surface area (Å²) in [6.07, 6.45) is 5.50. The van der Waals surface area contributed by atoms with Crippen molar-refractivity contribution in [3.63, 3.8) is 0 Å². The molecule has 2 fully saturated rings. The average Bonchev–Trinajstić information content (AvgIpc) is 2.51. The van der Waals surface area contributed by atoms with Gasteiger partial charge in [0.2, 0.25) is 0 Å². The molecule has 1 saturated carbocycles. The highest BCUT2D eigenvalue weighted by Gasteiger charge is 2.72. The molecule has 1 N–H and O–H groups in total. The van der Waals surface area contributed by atoms with Crippen LogP contribution in [0, 0.1) is 16.7 Å². The molecule has 0 aromatic carbocycles. The molecule has 1 heterocycles. The van der Waals surface area contributed by atoms with Crippen LogP contribution in [-0.2, 0) is 9.53 Å². The largest absolute Gasteiger partial charge is 0.455 e. The van der Waals surface area contributed by atoms with Gasteiger partial charge in [-0.1, -0.05) is 19.8 Å². The van der Waals surface area contributed by atoms with Crippen LogP contribution in [-0.4, -0.2) is 22.3 Å². The molecule has 0 radical (unpaired) electrons. The van der Waals surface area contributed by atoms with Crippen LogP contribution in [0.15, 0.2) is 0 Å². The van der Waals surface area contributed by atoms with Crippen LogP contribution in [0.4, 0.5) is 0 Å². The Balaban J connectivity index is 2.49. The van der Waals surface area contributed by atoms with Crippen LogP contribution in [0.1, 0.15) is 58.8 Å². The van der Waals surface area contributed by atoms with Crippen molar-refractivity contribution < 1.29 is 14.6 Å². The third-order valence-corrected chi connectivity index (χ3v) is 4.77. The summed E-state index contributed by atoms with van der Waals surface area (Å²) < 4.78 is 5.55. The fourth-order valence-corrected chi connectivity index (χ4v) is 3.60. The number of aliphatic hydroxyl groups is 1. The Bertz CT molecular complexity index is 394. The normalized spacial score (nSPS) is 38.4. The highest BCUT2D eigenvalue weighted by molar-refractivity contribution is 5.85. The van der Waals surface area contributed by atoms with E-state index in [2.05, 4.69) is 0 Å². The monoisotopic (exact) mass is 251 g/mol. The SMILES string of the molecule is CCCC1(O)C2(CCCCC2)OC(=O)C1(C)C#N. The third-order valence-electron chi connectivity index (χ3n) is 4.77. The summed E-state index contributed by atoms with van der Waals surface area (Å²) in [6.45, 7) is 3.48. The first-order valence-electron chi connectivity index (χ1n) is 6.83. The first-order valence-corrected chi connectivity index (χ1v) is 6.83. The Morgan fingerprint density at radius 1 is 1.39 bits per heavy atom. The number of carbonyl (C=O) groups excluding carboxylic acids is 1. The second kappa shape index (κ2) is 4.24. The van der Waals surface area contributed by atoms with Gasteiger partial charge in [0, 0.05) is 0 Å². The molecule has 18 heavy (non-hydrogen) atoms. The molecule has 2 rings (SSSR count). The number of nitriles is 1. The maximum Gasteiger partial charge on any atom is 0.330 e. The molecule has 1 aliphatic carbocycles. The summed E-state index contributed by atoms with van der Waals surface area (Å²) in [5.41, 5.74) is -3.61. The van der Waals surface area contributed by atoms with E-state index < -0.39 is 22.6 Å². The van der Waals surface area contributed by atoms with E-state index in [4.69, 9.17) is 4.74 Å². The molecular weight excluding hydrogens is 230 g/mol. The van der Waals surface area contributed by atoms with Gasteiger partial charge >= 0.3 is 5.97 Å². The molecule has 1 aliphatic heterocycles. The van der Waals surface area contributed by atoms with Crippen LogP contribution in [0.25, 0.3) is 0 Å². The Morgan fingerprint density at radius 2 is 2.00 bits per heavy atom. The first kappa shape index (κ1) is 13.4. The Kier molecular flexibility index (Phi) is 3.14. The zero-order valence-electron chi connectivity index (χ0n) is 11.2. The molecule has 4 heteroatoms. The van der Waals surface area contributed by atoms with Gasteiger partial charge in [0.1, 0.15) is 11.2 Å². The lowest BCUT2D eigenvalue weighted by atomic mass is 9.61. The summed E-state index contributed by atoms with van der Waals surface area (Å²) in [6, 6.07) is 2.01. The number of carbonyl (C=O) groups is 1. The summed E-state index contributed by atoms with van der Waals surface area (Å²) in [4.78, 5) is 12.1. The van der Waals surface area contributed by atoms with Crippen molar-refractivity contribution in [1.82, 2.24) is 0 Å². The molecule has 100 valence electrons. The van der Waals surface area contributed by atoms with E-state index in [0.717, 1.165) is 25.7 Å². The predicted octanol–water partition coefficient (Wildman–Crippen LogP) is 2.31. The maximum absolute atomic E-state index is 12.1. The summed E-state index contributed by atoms with van der Waals surface area (Å²) in [5.74, 6) is -0.553. The highest BCUT2D eigenvalue weighted by Crippen LogP contribution is 2.56. The molecule has 0 amide bonds. The number of hydrogen-bond donors (Lipinski definition) is 1. The average molecular weight is 251 g/mol. The maximum atomic E-state index is 12.1. The number of rotatable bonds is 2. The molecule has 2 unspecified atom stereocenters. The molecule has 0 bridgehead atoms. The number of ether oxygens (including phenoxy) is 1. The molecule has 1 spiro atoms. The summed E-state index contributed by atoms with van der Waals surface area (Å²) >= 11 is 0. The van der Waals surface area contributed by atoms with E-state index in [1.54, 1.807) is 0 Å². The van der Waals surface area contributed by atoms with Crippen molar-refractivity contribution in [2.24, 2.45) is 5.41 Å². The van der Waals surface area contributed by atoms with Crippen molar-refractivity contribution in [3.05, 3.63) is 0 Å². The fourth-order valence-electron chi connectivity index (χ4n) is 3.60. The minimum absolute atomic E-state index is 0.433. The first-order chi connectivity index (χ1) is 8.46. The van der Waals surface area contributed by atoms with E-state index in [9.17, 15) is 15.2 Å². The van der Waals surface area contributed by atoms with E-state index in [-0.39, 0.29) is 0 Å². The zero-order valence-corrected chi connectivity index (χ0v) is 11.2. The van der Waals surface area contributed by atoms with Crippen LogP contribution < -0.4 is 0 Å². The molecular formula is C14H21NO3. The topological polar surface area (TPSA) is 70.3 Å². The van der Waals surface area contributed by atoms with E-state index >= 15 is 0 Å². The number of nitrogens with zero attached hydrogens (tertiary/aromatic N) is 1. The molecule has 1 saturated heterocycles. The second-order valence-corrected chi connectivity index (χ2v) is 5.79. The zero-order chi connectivity index (χ0) is 13.4. The minimum Gasteiger partial charge on any atom is -0.455 e. The fraction of sp³-hybridized carbons (Fsp3) is 0.857. The van der Waals surface area contributed by atoms with Gasteiger partial charge in [0.05, 0.1) is 6.07 Å². The van der Waals surface area contributed by atoms with Gasteiger partial charge in [-0.2, -0.15) is 5.26 Å². The minimum atomic E-state index is -1.43. The Labute approximate surface area is 108 Å². The van der Waals surface area contributed by atoms with Crippen molar-refractivity contribution in [2.75, 3.05) is 0 Å². The van der Waals surface area contributed by atoms with Crippen molar-refractivity contribution >= 4 is 5.97 Å². The molecule has 2 atom stereocenters. The van der Waals surface area contributed by atoms with Gasteiger partial charge in [-0.15, -0.1) is 0 Å². The van der Waals surface area contributed by atoms with Crippen LogP contribution in [0.3, 0.4) is 0 Å². The standard InChI is InChI=1S/C14H21NO3/c1-3-7-14(17)12(2,10-15)11(16)18-13(14)8-5-4-6-9-13/h17H,3-9H2,1-2H3.